The molecule has 6 nitrogen and oxygen atoms in total. The molecule has 2 aliphatic heterocycles. The summed E-state index contributed by atoms with van der Waals surface area (Å²) in [5.74, 6) is 0. The van der Waals surface area contributed by atoms with Gasteiger partial charge in [-0.25, -0.2) is 4.52 Å². The highest BCUT2D eigenvalue weighted by molar-refractivity contribution is 5.76. The minimum absolute atomic E-state index is 1.05. The molecule has 3 aromatic heterocycles. The van der Waals surface area contributed by atoms with Crippen molar-refractivity contribution in [2.24, 2.45) is 0 Å². The summed E-state index contributed by atoms with van der Waals surface area (Å²) in [5.41, 5.74) is 6.28. The third-order valence-corrected chi connectivity index (χ3v) is 5.63. The van der Waals surface area contributed by atoms with E-state index < -0.39 is 0 Å². The van der Waals surface area contributed by atoms with Gasteiger partial charge in [0, 0.05) is 55.7 Å². The summed E-state index contributed by atoms with van der Waals surface area (Å²) in [7, 11) is 2.19. The van der Waals surface area contributed by atoms with Gasteiger partial charge in [-0.2, -0.15) is 10.2 Å². The average Bonchev–Trinajstić information content (AvgIpc) is 3.26. The monoisotopic (exact) mass is 336 g/mol. The Morgan fingerprint density at radius 2 is 1.80 bits per heavy atom. The number of nitrogens with zero attached hydrogens (tertiary/aromatic N) is 6. The van der Waals surface area contributed by atoms with Crippen LogP contribution in [-0.4, -0.2) is 57.5 Å². The van der Waals surface area contributed by atoms with Crippen LogP contribution in [0.25, 0.3) is 16.6 Å². The number of likely N-dealkylation sites (N-methyl/N-ethyl adjacent to an activating group) is 1. The van der Waals surface area contributed by atoms with E-state index in [-0.39, 0.29) is 0 Å². The van der Waals surface area contributed by atoms with E-state index in [0.29, 0.717) is 0 Å². The molecule has 0 amide bonds. The lowest BCUT2D eigenvalue weighted by atomic mass is 10.0. The molecule has 0 atom stereocenters. The highest BCUT2D eigenvalue weighted by Gasteiger charge is 2.19. The van der Waals surface area contributed by atoms with Crippen molar-refractivity contribution in [3.8, 4) is 11.1 Å². The van der Waals surface area contributed by atoms with Crippen LogP contribution in [0.2, 0.25) is 0 Å². The van der Waals surface area contributed by atoms with E-state index in [1.807, 2.05) is 16.9 Å². The molecule has 1 fully saturated rings. The molecule has 5 heterocycles. The minimum Gasteiger partial charge on any atom is -0.366 e. The van der Waals surface area contributed by atoms with Crippen molar-refractivity contribution in [2.45, 2.75) is 25.8 Å². The van der Waals surface area contributed by atoms with Crippen molar-refractivity contribution in [1.29, 1.82) is 0 Å². The van der Waals surface area contributed by atoms with E-state index in [2.05, 4.69) is 50.1 Å². The van der Waals surface area contributed by atoms with Crippen LogP contribution < -0.4 is 4.90 Å². The first-order valence-corrected chi connectivity index (χ1v) is 9.25. The van der Waals surface area contributed by atoms with Crippen LogP contribution in [0.1, 0.15) is 18.5 Å². The number of hydrogen-bond acceptors (Lipinski definition) is 4. The maximum Gasteiger partial charge on any atom is 0.0896 e. The smallest absolute Gasteiger partial charge is 0.0896 e. The first kappa shape index (κ1) is 15.0. The van der Waals surface area contributed by atoms with Crippen LogP contribution in [0.4, 0.5) is 5.69 Å². The number of anilines is 1. The molecule has 0 radical (unpaired) electrons. The van der Waals surface area contributed by atoms with Crippen LogP contribution in [0, 0.1) is 0 Å². The largest absolute Gasteiger partial charge is 0.366 e. The van der Waals surface area contributed by atoms with Gasteiger partial charge in [-0.05, 0) is 32.4 Å². The van der Waals surface area contributed by atoms with Gasteiger partial charge in [-0.3, -0.25) is 4.68 Å². The Bertz CT molecular complexity index is 900. The first-order valence-electron chi connectivity index (χ1n) is 9.25. The molecule has 5 rings (SSSR count). The van der Waals surface area contributed by atoms with Gasteiger partial charge in [0.05, 0.1) is 23.6 Å². The number of pyridine rings is 1. The highest BCUT2D eigenvalue weighted by atomic mass is 15.3. The van der Waals surface area contributed by atoms with Gasteiger partial charge in [0.1, 0.15) is 0 Å². The van der Waals surface area contributed by atoms with Gasteiger partial charge < -0.3 is 9.80 Å². The predicted molar refractivity (Wildman–Crippen MR) is 99.1 cm³/mol. The van der Waals surface area contributed by atoms with E-state index in [1.54, 1.807) is 0 Å². The third-order valence-electron chi connectivity index (χ3n) is 5.63. The Labute approximate surface area is 147 Å². The molecule has 1 saturated heterocycles. The van der Waals surface area contributed by atoms with Gasteiger partial charge >= 0.3 is 0 Å². The van der Waals surface area contributed by atoms with E-state index in [9.17, 15) is 0 Å². The summed E-state index contributed by atoms with van der Waals surface area (Å²) < 4.78 is 4.19. The molecule has 0 N–H and O–H groups in total. The molecule has 0 spiro atoms. The lowest BCUT2D eigenvalue weighted by Crippen LogP contribution is -2.44. The number of aromatic nitrogens is 4. The van der Waals surface area contributed by atoms with Crippen LogP contribution in [0.5, 0.6) is 0 Å². The second-order valence-electron chi connectivity index (χ2n) is 7.25. The van der Waals surface area contributed by atoms with Crippen molar-refractivity contribution < 1.29 is 0 Å². The fourth-order valence-electron chi connectivity index (χ4n) is 4.08. The van der Waals surface area contributed by atoms with Gasteiger partial charge in [0.15, 0.2) is 0 Å². The molecule has 3 aromatic rings. The Morgan fingerprint density at radius 3 is 2.68 bits per heavy atom. The Balaban J connectivity index is 1.50. The zero-order valence-electron chi connectivity index (χ0n) is 14.7. The van der Waals surface area contributed by atoms with Crippen molar-refractivity contribution >= 4 is 11.2 Å². The van der Waals surface area contributed by atoms with Crippen LogP contribution in [0.15, 0.2) is 30.7 Å². The molecule has 0 unspecified atom stereocenters. The summed E-state index contributed by atoms with van der Waals surface area (Å²) in [5, 5.41) is 9.20. The fourth-order valence-corrected chi connectivity index (χ4v) is 4.08. The normalized spacial score (nSPS) is 18.7. The van der Waals surface area contributed by atoms with Crippen molar-refractivity contribution in [2.75, 3.05) is 38.1 Å². The maximum atomic E-state index is 4.63. The SMILES string of the molecule is CN1CCN(c2cnn3cc(-c4cnn5c4CCCC5)ccc23)CC1. The second kappa shape index (κ2) is 5.88. The standard InChI is InChI=1S/C19H24N6/c1-22-8-10-23(11-9-22)19-13-21-25-14-15(5-6-18(19)25)16-12-20-24-7-3-2-4-17(16)24/h5-6,12-14H,2-4,7-11H2,1H3. The van der Waals surface area contributed by atoms with Crippen LogP contribution in [0.3, 0.4) is 0 Å². The van der Waals surface area contributed by atoms with E-state index in [1.165, 1.54) is 40.9 Å². The molecule has 130 valence electrons. The quantitative estimate of drug-likeness (QED) is 0.720. The molecular formula is C19H24N6. The summed E-state index contributed by atoms with van der Waals surface area (Å²) in [6.07, 6.45) is 9.81. The molecule has 0 saturated carbocycles. The van der Waals surface area contributed by atoms with Crippen LogP contribution >= 0.6 is 0 Å². The van der Waals surface area contributed by atoms with E-state index in [0.717, 1.165) is 39.1 Å². The maximum absolute atomic E-state index is 4.63. The molecule has 2 aliphatic rings. The lowest BCUT2D eigenvalue weighted by Gasteiger charge is -2.33. The fraction of sp³-hybridized carbons (Fsp3) is 0.474. The molecular weight excluding hydrogens is 312 g/mol. The summed E-state index contributed by atoms with van der Waals surface area (Å²) in [6, 6.07) is 4.44. The number of fused-ring (bicyclic) bond motifs is 2. The first-order chi connectivity index (χ1) is 12.3. The number of hydrogen-bond donors (Lipinski definition) is 0. The predicted octanol–water partition coefficient (Wildman–Crippen LogP) is 2.29. The summed E-state index contributed by atoms with van der Waals surface area (Å²) in [4.78, 5) is 4.83. The Kier molecular flexibility index (Phi) is 3.52. The highest BCUT2D eigenvalue weighted by Crippen LogP contribution is 2.30. The topological polar surface area (TPSA) is 41.6 Å². The van der Waals surface area contributed by atoms with Gasteiger partial charge in [0.2, 0.25) is 0 Å². The van der Waals surface area contributed by atoms with Crippen LogP contribution in [-0.2, 0) is 13.0 Å². The van der Waals surface area contributed by atoms with Crippen molar-refractivity contribution in [3.63, 3.8) is 0 Å². The lowest BCUT2D eigenvalue weighted by molar-refractivity contribution is 0.313. The van der Waals surface area contributed by atoms with E-state index >= 15 is 0 Å². The average molecular weight is 336 g/mol. The zero-order chi connectivity index (χ0) is 16.8. The van der Waals surface area contributed by atoms with E-state index in [4.69, 9.17) is 0 Å². The summed E-state index contributed by atoms with van der Waals surface area (Å²) in [6.45, 7) is 5.40. The zero-order valence-corrected chi connectivity index (χ0v) is 14.7. The van der Waals surface area contributed by atoms with Crippen molar-refractivity contribution in [3.05, 3.63) is 36.4 Å². The minimum atomic E-state index is 1.05. The molecule has 0 bridgehead atoms. The molecule has 0 aromatic carbocycles. The Morgan fingerprint density at radius 1 is 0.920 bits per heavy atom. The number of rotatable bonds is 2. The van der Waals surface area contributed by atoms with Gasteiger partial charge in [-0.15, -0.1) is 0 Å². The number of aryl methyl sites for hydroxylation is 1. The third kappa shape index (κ3) is 2.52. The molecule has 25 heavy (non-hydrogen) atoms. The van der Waals surface area contributed by atoms with Crippen molar-refractivity contribution in [1.82, 2.24) is 24.3 Å². The summed E-state index contributed by atoms with van der Waals surface area (Å²) >= 11 is 0. The number of piperazine rings is 1. The van der Waals surface area contributed by atoms with Gasteiger partial charge in [-0.1, -0.05) is 6.07 Å². The second-order valence-corrected chi connectivity index (χ2v) is 7.25. The van der Waals surface area contributed by atoms with Gasteiger partial charge in [0.25, 0.3) is 0 Å². The Hall–Kier alpha value is -2.34. The molecule has 6 heteroatoms. The molecule has 0 aliphatic carbocycles.